The highest BCUT2D eigenvalue weighted by Crippen LogP contribution is 2.27. The first kappa shape index (κ1) is 12.6. The van der Waals surface area contributed by atoms with Crippen LogP contribution < -0.4 is 0 Å². The third-order valence-electron chi connectivity index (χ3n) is 3.07. The molecular weight excluding hydrogens is 274 g/mol. The number of fused-ring (bicyclic) bond motifs is 1. The average molecular weight is 285 g/mol. The van der Waals surface area contributed by atoms with E-state index < -0.39 is 11.8 Å². The Kier molecular flexibility index (Phi) is 3.12. The van der Waals surface area contributed by atoms with Gasteiger partial charge in [0.25, 0.3) is 5.78 Å². The highest BCUT2D eigenvalue weighted by molar-refractivity contribution is 7.12. The van der Waals surface area contributed by atoms with Gasteiger partial charge >= 0.3 is 5.97 Å². The Morgan fingerprint density at radius 2 is 1.95 bits per heavy atom. The number of methoxy groups -OCH3 is 1. The summed E-state index contributed by atoms with van der Waals surface area (Å²) in [5.74, 6) is -1.47. The second-order valence-electron chi connectivity index (χ2n) is 4.20. The number of rotatable bonds is 3. The molecule has 1 aromatic carbocycles. The van der Waals surface area contributed by atoms with Gasteiger partial charge in [0.1, 0.15) is 0 Å². The van der Waals surface area contributed by atoms with Crippen LogP contribution >= 0.6 is 11.3 Å². The van der Waals surface area contributed by atoms with E-state index in [0.29, 0.717) is 5.56 Å². The number of esters is 1. The quantitative estimate of drug-likeness (QED) is 0.422. The van der Waals surface area contributed by atoms with Crippen LogP contribution in [0.4, 0.5) is 0 Å². The summed E-state index contributed by atoms with van der Waals surface area (Å²) in [6, 6.07) is 11.4. The predicted molar refractivity (Wildman–Crippen MR) is 77.5 cm³/mol. The van der Waals surface area contributed by atoms with E-state index in [1.807, 2.05) is 46.3 Å². The number of nitrogens with zero attached hydrogens (tertiary/aromatic N) is 1. The molecule has 0 aliphatic heterocycles. The Balaban J connectivity index is 2.24. The summed E-state index contributed by atoms with van der Waals surface area (Å²) in [6.45, 7) is 0. The van der Waals surface area contributed by atoms with Crippen LogP contribution in [0.1, 0.15) is 10.4 Å². The molecule has 0 saturated carbocycles. The SMILES string of the molecule is COC(=O)C(=O)c1cn(-c2cccs2)c2ccccc12. The fraction of sp³-hybridized carbons (Fsp3) is 0.0667. The molecular formula is C15H11NO3S. The van der Waals surface area contributed by atoms with E-state index in [1.165, 1.54) is 7.11 Å². The van der Waals surface area contributed by atoms with Gasteiger partial charge in [-0.2, -0.15) is 0 Å². The summed E-state index contributed by atoms with van der Waals surface area (Å²) in [4.78, 5) is 23.6. The van der Waals surface area contributed by atoms with E-state index in [1.54, 1.807) is 17.5 Å². The number of hydrogen-bond acceptors (Lipinski definition) is 4. The van der Waals surface area contributed by atoms with Crippen LogP contribution in [-0.4, -0.2) is 23.4 Å². The zero-order valence-corrected chi connectivity index (χ0v) is 11.5. The fourth-order valence-corrected chi connectivity index (χ4v) is 2.87. The van der Waals surface area contributed by atoms with Gasteiger partial charge in [-0.05, 0) is 23.6 Å². The fourth-order valence-electron chi connectivity index (χ4n) is 2.15. The molecule has 0 N–H and O–H groups in total. The van der Waals surface area contributed by atoms with E-state index in [4.69, 9.17) is 0 Å². The van der Waals surface area contributed by atoms with Crippen molar-refractivity contribution in [2.24, 2.45) is 0 Å². The van der Waals surface area contributed by atoms with E-state index in [9.17, 15) is 9.59 Å². The number of para-hydroxylation sites is 1. The van der Waals surface area contributed by atoms with Crippen molar-refractivity contribution in [2.45, 2.75) is 0 Å². The lowest BCUT2D eigenvalue weighted by molar-refractivity contribution is -0.135. The molecule has 3 aromatic rings. The molecule has 2 aromatic heterocycles. The monoisotopic (exact) mass is 285 g/mol. The maximum Gasteiger partial charge on any atom is 0.379 e. The van der Waals surface area contributed by atoms with E-state index in [-0.39, 0.29) is 0 Å². The molecule has 0 spiro atoms. The first-order valence-electron chi connectivity index (χ1n) is 5.99. The van der Waals surface area contributed by atoms with Crippen molar-refractivity contribution in [1.29, 1.82) is 0 Å². The van der Waals surface area contributed by atoms with Crippen LogP contribution in [0.25, 0.3) is 15.9 Å². The average Bonchev–Trinajstić information content (AvgIpc) is 3.12. The Bertz CT molecular complexity index is 787. The topological polar surface area (TPSA) is 48.3 Å². The zero-order chi connectivity index (χ0) is 14.1. The smallest absolute Gasteiger partial charge is 0.379 e. The van der Waals surface area contributed by atoms with Crippen molar-refractivity contribution in [2.75, 3.05) is 7.11 Å². The van der Waals surface area contributed by atoms with Crippen LogP contribution in [-0.2, 0) is 9.53 Å². The summed E-state index contributed by atoms with van der Waals surface area (Å²) < 4.78 is 6.43. The number of ketones is 1. The Morgan fingerprint density at radius 1 is 1.15 bits per heavy atom. The summed E-state index contributed by atoms with van der Waals surface area (Å²) in [6.07, 6.45) is 1.69. The van der Waals surface area contributed by atoms with Crippen molar-refractivity contribution < 1.29 is 14.3 Å². The molecule has 100 valence electrons. The predicted octanol–water partition coefficient (Wildman–Crippen LogP) is 3.05. The Hall–Kier alpha value is -2.40. The number of thiophene rings is 1. The Labute approximate surface area is 119 Å². The zero-order valence-electron chi connectivity index (χ0n) is 10.7. The van der Waals surface area contributed by atoms with Crippen LogP contribution in [0.5, 0.6) is 0 Å². The summed E-state index contributed by atoms with van der Waals surface area (Å²) in [5.41, 5.74) is 1.25. The van der Waals surface area contributed by atoms with Gasteiger partial charge in [0.2, 0.25) is 0 Å². The van der Waals surface area contributed by atoms with Crippen LogP contribution in [0, 0.1) is 0 Å². The minimum atomic E-state index is -0.848. The first-order valence-corrected chi connectivity index (χ1v) is 6.87. The number of hydrogen-bond donors (Lipinski definition) is 0. The molecule has 0 amide bonds. The van der Waals surface area contributed by atoms with E-state index in [0.717, 1.165) is 15.9 Å². The lowest BCUT2D eigenvalue weighted by atomic mass is 10.1. The molecule has 0 aliphatic carbocycles. The van der Waals surface area contributed by atoms with Gasteiger partial charge in [-0.3, -0.25) is 4.79 Å². The van der Waals surface area contributed by atoms with Gasteiger partial charge in [-0.25, -0.2) is 4.79 Å². The van der Waals surface area contributed by atoms with Crippen molar-refractivity contribution in [1.82, 2.24) is 4.57 Å². The maximum atomic E-state index is 12.1. The lowest BCUT2D eigenvalue weighted by Gasteiger charge is -1.99. The van der Waals surface area contributed by atoms with Gasteiger partial charge in [-0.15, -0.1) is 11.3 Å². The maximum absolute atomic E-state index is 12.1. The van der Waals surface area contributed by atoms with E-state index >= 15 is 0 Å². The molecule has 4 nitrogen and oxygen atoms in total. The van der Waals surface area contributed by atoms with Crippen molar-refractivity contribution >= 4 is 34.0 Å². The second kappa shape index (κ2) is 4.94. The molecule has 20 heavy (non-hydrogen) atoms. The van der Waals surface area contributed by atoms with Crippen LogP contribution in [0.15, 0.2) is 48.0 Å². The van der Waals surface area contributed by atoms with Crippen molar-refractivity contribution in [3.63, 3.8) is 0 Å². The van der Waals surface area contributed by atoms with Crippen LogP contribution in [0.2, 0.25) is 0 Å². The molecule has 0 bridgehead atoms. The largest absolute Gasteiger partial charge is 0.463 e. The molecule has 0 atom stereocenters. The third kappa shape index (κ3) is 1.92. The van der Waals surface area contributed by atoms with Gasteiger partial charge in [-0.1, -0.05) is 18.2 Å². The number of aromatic nitrogens is 1. The standard InChI is InChI=1S/C15H11NO3S/c1-19-15(18)14(17)11-9-16(13-7-4-8-20-13)12-6-3-2-5-10(11)12/h2-9H,1H3. The normalized spacial score (nSPS) is 10.7. The molecule has 2 heterocycles. The molecule has 3 rings (SSSR count). The molecule has 0 radical (unpaired) electrons. The van der Waals surface area contributed by atoms with Crippen molar-refractivity contribution in [3.05, 3.63) is 53.5 Å². The van der Waals surface area contributed by atoms with E-state index in [2.05, 4.69) is 4.74 Å². The highest BCUT2D eigenvalue weighted by atomic mass is 32.1. The number of Topliss-reactive ketones (excluding diaryl/α,β-unsaturated/α-hetero) is 1. The summed E-state index contributed by atoms with van der Waals surface area (Å²) in [7, 11) is 1.21. The van der Waals surface area contributed by atoms with Gasteiger partial charge in [0, 0.05) is 11.6 Å². The molecule has 0 fully saturated rings. The summed E-state index contributed by atoms with van der Waals surface area (Å²) in [5, 5.41) is 3.70. The lowest BCUT2D eigenvalue weighted by Crippen LogP contribution is -2.15. The minimum Gasteiger partial charge on any atom is -0.463 e. The molecule has 0 saturated heterocycles. The van der Waals surface area contributed by atoms with Gasteiger partial charge < -0.3 is 9.30 Å². The number of carbonyl (C=O) groups excluding carboxylic acids is 2. The number of benzene rings is 1. The third-order valence-corrected chi connectivity index (χ3v) is 3.94. The Morgan fingerprint density at radius 3 is 2.65 bits per heavy atom. The molecule has 5 heteroatoms. The minimum absolute atomic E-state index is 0.362. The van der Waals surface area contributed by atoms with Crippen molar-refractivity contribution in [3.8, 4) is 5.00 Å². The molecule has 0 aliphatic rings. The second-order valence-corrected chi connectivity index (χ2v) is 5.13. The highest BCUT2D eigenvalue weighted by Gasteiger charge is 2.22. The number of ether oxygens (including phenoxy) is 1. The number of carbonyl (C=O) groups is 2. The summed E-state index contributed by atoms with van der Waals surface area (Å²) >= 11 is 1.57. The first-order chi connectivity index (χ1) is 9.72. The van der Waals surface area contributed by atoms with Crippen LogP contribution in [0.3, 0.4) is 0 Å². The van der Waals surface area contributed by atoms with Gasteiger partial charge in [0.05, 0.1) is 23.2 Å². The van der Waals surface area contributed by atoms with Gasteiger partial charge in [0.15, 0.2) is 0 Å². The molecule has 0 unspecified atom stereocenters.